The summed E-state index contributed by atoms with van der Waals surface area (Å²) in [6, 6.07) is 6.17. The lowest BCUT2D eigenvalue weighted by atomic mass is 10.0. The first-order valence-corrected chi connectivity index (χ1v) is 6.08. The highest BCUT2D eigenvalue weighted by Gasteiger charge is 2.15. The maximum absolute atomic E-state index is 11.2. The van der Waals surface area contributed by atoms with Crippen molar-refractivity contribution in [3.63, 3.8) is 0 Å². The molecule has 2 rings (SSSR count). The molecule has 0 unspecified atom stereocenters. The van der Waals surface area contributed by atoms with E-state index in [1.54, 1.807) is 0 Å². The quantitative estimate of drug-likeness (QED) is 0.786. The Bertz CT molecular complexity index is 406. The number of hydrogen-bond donors (Lipinski definition) is 2. The predicted octanol–water partition coefficient (Wildman–Crippen LogP) is 1.94. The third kappa shape index (κ3) is 2.32. The molecule has 1 aliphatic heterocycles. The number of thiol groups is 1. The van der Waals surface area contributed by atoms with Crippen molar-refractivity contribution in [2.75, 3.05) is 29.6 Å². The highest BCUT2D eigenvalue weighted by Crippen LogP contribution is 2.26. The van der Waals surface area contributed by atoms with Gasteiger partial charge in [-0.15, -0.1) is 0 Å². The second-order valence-corrected chi connectivity index (χ2v) is 4.48. The molecule has 0 aliphatic carbocycles. The molecule has 3 nitrogen and oxygen atoms in total. The zero-order chi connectivity index (χ0) is 11.5. The maximum Gasteiger partial charge on any atom is 0.224 e. The molecule has 1 aliphatic rings. The van der Waals surface area contributed by atoms with Crippen molar-refractivity contribution in [2.24, 2.45) is 0 Å². The van der Waals surface area contributed by atoms with Gasteiger partial charge in [0.05, 0.1) is 0 Å². The Hall–Kier alpha value is -1.16. The first-order valence-electron chi connectivity index (χ1n) is 5.45. The summed E-state index contributed by atoms with van der Waals surface area (Å²) in [4.78, 5) is 13.4. The molecule has 1 amide bonds. The van der Waals surface area contributed by atoms with Gasteiger partial charge in [0.1, 0.15) is 0 Å². The smallest absolute Gasteiger partial charge is 0.224 e. The van der Waals surface area contributed by atoms with Crippen LogP contribution in [0.25, 0.3) is 0 Å². The fourth-order valence-corrected chi connectivity index (χ4v) is 2.19. The summed E-state index contributed by atoms with van der Waals surface area (Å²) >= 11 is 4.22. The number of anilines is 2. The predicted molar refractivity (Wildman–Crippen MR) is 70.5 cm³/mol. The summed E-state index contributed by atoms with van der Waals surface area (Å²) in [6.45, 7) is 0.925. The van der Waals surface area contributed by atoms with E-state index in [1.807, 2.05) is 12.1 Å². The summed E-state index contributed by atoms with van der Waals surface area (Å²) in [6.07, 6.45) is 1.43. The lowest BCUT2D eigenvalue weighted by Crippen LogP contribution is -2.22. The van der Waals surface area contributed by atoms with E-state index in [-0.39, 0.29) is 5.91 Å². The minimum absolute atomic E-state index is 0.115. The van der Waals surface area contributed by atoms with E-state index in [9.17, 15) is 4.79 Å². The van der Waals surface area contributed by atoms with Crippen molar-refractivity contribution in [1.29, 1.82) is 0 Å². The van der Waals surface area contributed by atoms with Crippen molar-refractivity contribution in [2.45, 2.75) is 12.8 Å². The van der Waals surface area contributed by atoms with Crippen LogP contribution in [0.4, 0.5) is 11.4 Å². The van der Waals surface area contributed by atoms with Gasteiger partial charge in [-0.25, -0.2) is 0 Å². The van der Waals surface area contributed by atoms with Crippen LogP contribution in [-0.2, 0) is 11.2 Å². The highest BCUT2D eigenvalue weighted by molar-refractivity contribution is 7.80. The van der Waals surface area contributed by atoms with E-state index in [1.165, 1.54) is 11.3 Å². The van der Waals surface area contributed by atoms with Gasteiger partial charge in [-0.2, -0.15) is 12.6 Å². The van der Waals surface area contributed by atoms with Crippen molar-refractivity contribution in [1.82, 2.24) is 0 Å². The third-order valence-corrected chi connectivity index (χ3v) is 3.06. The summed E-state index contributed by atoms with van der Waals surface area (Å²) < 4.78 is 0. The number of amides is 1. The van der Waals surface area contributed by atoms with Gasteiger partial charge in [0.25, 0.3) is 0 Å². The Morgan fingerprint density at radius 2 is 2.25 bits per heavy atom. The van der Waals surface area contributed by atoms with E-state index >= 15 is 0 Å². The molecule has 0 spiro atoms. The second kappa shape index (κ2) is 4.78. The van der Waals surface area contributed by atoms with Gasteiger partial charge in [0.15, 0.2) is 0 Å². The molecule has 0 radical (unpaired) electrons. The van der Waals surface area contributed by atoms with Crippen LogP contribution in [0.3, 0.4) is 0 Å². The maximum atomic E-state index is 11.2. The third-order valence-electron chi connectivity index (χ3n) is 2.86. The molecule has 86 valence electrons. The summed E-state index contributed by atoms with van der Waals surface area (Å²) in [5.41, 5.74) is 3.37. The standard InChI is InChI=1S/C12H16N2OS/c1-14(6-7-16)10-3-4-11-9(8-10)2-5-12(15)13-11/h3-4,8,16H,2,5-7H2,1H3,(H,13,15). The normalized spacial score (nSPS) is 14.2. The molecule has 1 heterocycles. The minimum Gasteiger partial charge on any atom is -0.374 e. The van der Waals surface area contributed by atoms with Crippen LogP contribution in [0.15, 0.2) is 18.2 Å². The summed E-state index contributed by atoms with van der Waals surface area (Å²) in [5.74, 6) is 0.952. The number of aryl methyl sites for hydroxylation is 1. The summed E-state index contributed by atoms with van der Waals surface area (Å²) in [5, 5.41) is 2.89. The van der Waals surface area contributed by atoms with E-state index < -0.39 is 0 Å². The summed E-state index contributed by atoms with van der Waals surface area (Å²) in [7, 11) is 2.05. The van der Waals surface area contributed by atoms with Crippen molar-refractivity contribution in [3.8, 4) is 0 Å². The lowest BCUT2D eigenvalue weighted by Gasteiger charge is -2.22. The lowest BCUT2D eigenvalue weighted by molar-refractivity contribution is -0.116. The van der Waals surface area contributed by atoms with Crippen LogP contribution in [0, 0.1) is 0 Å². The Kier molecular flexibility index (Phi) is 3.39. The number of fused-ring (bicyclic) bond motifs is 1. The van der Waals surface area contributed by atoms with Gasteiger partial charge in [0.2, 0.25) is 5.91 Å². The zero-order valence-electron chi connectivity index (χ0n) is 9.36. The second-order valence-electron chi connectivity index (χ2n) is 4.03. The molecular formula is C12H16N2OS. The van der Waals surface area contributed by atoms with Crippen molar-refractivity contribution in [3.05, 3.63) is 23.8 Å². The SMILES string of the molecule is CN(CCS)c1ccc2c(c1)CCC(=O)N2. The van der Waals surface area contributed by atoms with Crippen LogP contribution < -0.4 is 10.2 Å². The fourth-order valence-electron chi connectivity index (χ4n) is 1.89. The van der Waals surface area contributed by atoms with Crippen molar-refractivity contribution < 1.29 is 4.79 Å². The van der Waals surface area contributed by atoms with E-state index in [2.05, 4.69) is 36.0 Å². The van der Waals surface area contributed by atoms with Gasteiger partial charge in [-0.1, -0.05) is 0 Å². The molecule has 4 heteroatoms. The topological polar surface area (TPSA) is 32.3 Å². The molecule has 0 atom stereocenters. The van der Waals surface area contributed by atoms with Crippen LogP contribution in [0.5, 0.6) is 0 Å². The van der Waals surface area contributed by atoms with Gasteiger partial charge < -0.3 is 10.2 Å². The number of benzene rings is 1. The minimum atomic E-state index is 0.115. The first kappa shape index (κ1) is 11.3. The Balaban J connectivity index is 2.22. The number of carbonyl (C=O) groups excluding carboxylic acids is 1. The number of nitrogens with one attached hydrogen (secondary N) is 1. The first-order chi connectivity index (χ1) is 7.70. The highest BCUT2D eigenvalue weighted by atomic mass is 32.1. The fraction of sp³-hybridized carbons (Fsp3) is 0.417. The van der Waals surface area contributed by atoms with Crippen LogP contribution in [0.1, 0.15) is 12.0 Å². The molecule has 16 heavy (non-hydrogen) atoms. The number of rotatable bonds is 3. The monoisotopic (exact) mass is 236 g/mol. The van der Waals surface area contributed by atoms with Crippen LogP contribution in [0.2, 0.25) is 0 Å². The Labute approximate surface area is 101 Å². The van der Waals surface area contributed by atoms with E-state index in [0.717, 1.165) is 24.4 Å². The molecule has 0 bridgehead atoms. The van der Waals surface area contributed by atoms with Gasteiger partial charge in [-0.3, -0.25) is 4.79 Å². The molecule has 0 saturated heterocycles. The van der Waals surface area contributed by atoms with E-state index in [4.69, 9.17) is 0 Å². The molecule has 1 aromatic rings. The Morgan fingerprint density at radius 3 is 3.00 bits per heavy atom. The molecule has 0 fully saturated rings. The molecule has 0 saturated carbocycles. The van der Waals surface area contributed by atoms with Gasteiger partial charge in [-0.05, 0) is 30.2 Å². The van der Waals surface area contributed by atoms with Crippen LogP contribution in [-0.4, -0.2) is 25.3 Å². The number of nitrogens with zero attached hydrogens (tertiary/aromatic N) is 1. The molecule has 1 aromatic carbocycles. The van der Waals surface area contributed by atoms with Gasteiger partial charge >= 0.3 is 0 Å². The average molecular weight is 236 g/mol. The van der Waals surface area contributed by atoms with E-state index in [0.29, 0.717) is 6.42 Å². The molecular weight excluding hydrogens is 220 g/mol. The molecule has 0 aromatic heterocycles. The van der Waals surface area contributed by atoms with Crippen LogP contribution >= 0.6 is 12.6 Å². The van der Waals surface area contributed by atoms with Gasteiger partial charge in [0, 0.05) is 37.1 Å². The molecule has 1 N–H and O–H groups in total. The Morgan fingerprint density at radius 1 is 1.44 bits per heavy atom. The number of hydrogen-bond acceptors (Lipinski definition) is 3. The average Bonchev–Trinajstić information content (AvgIpc) is 2.28. The zero-order valence-corrected chi connectivity index (χ0v) is 10.3. The number of carbonyl (C=O) groups is 1. The largest absolute Gasteiger partial charge is 0.374 e. The van der Waals surface area contributed by atoms with Crippen molar-refractivity contribution >= 4 is 29.9 Å².